The second kappa shape index (κ2) is 38.6. The standard InChI is InChI=1S/C18H30O2.C16H26O3.C12H19NO2.C10H16O4.C10H18O3S.10CH4/c1-5-17(3,4)16(19)20-18(6-2)14-8-12-7-13(10-14)11-15(18)9-12;1-4-14(2,3)13(17)19-16-8-11-5-12(9-16)7-15(18,6-11)10-16;1-4-12(2,3)11(15)13-9-7-5-6-8(9)10(13)14;1-4-10(2,3)9(12)14-7-5-6-13-8(7)11;1-4-10(2,3)9(11)13-8-7-14-6-5-12-8;;;;;;;;;;/h12-15H,5-11H2,1-4H3;11-12,18H,4-10H2,1-3H3;8-9H,4-7H2,1-3H3;7H,4-6H2,1-3H3;8H,4-7H2,1-3H3;10*1H4. The quantitative estimate of drug-likeness (QED) is 0.0922. The summed E-state index contributed by atoms with van der Waals surface area (Å²) in [6.45, 7) is 32.4. The van der Waals surface area contributed by atoms with Crippen LogP contribution in [-0.4, -0.2) is 112 Å². The minimum Gasteiger partial charge on any atom is -0.463 e. The van der Waals surface area contributed by atoms with Gasteiger partial charge >= 0.3 is 29.8 Å². The maximum atomic E-state index is 12.6. The van der Waals surface area contributed by atoms with E-state index in [2.05, 4.69) is 13.8 Å². The van der Waals surface area contributed by atoms with Gasteiger partial charge in [-0.3, -0.25) is 33.7 Å². The zero-order chi connectivity index (χ0) is 61.0. The molecule has 2 amide bonds. The Hall–Kier alpha value is -3.24. The Kier molecular flexibility index (Phi) is 40.9. The first-order valence-electron chi connectivity index (χ1n) is 32.0. The summed E-state index contributed by atoms with van der Waals surface area (Å²) in [6.07, 6.45) is 19.8. The largest absolute Gasteiger partial charge is 0.463 e. The van der Waals surface area contributed by atoms with Crippen LogP contribution in [0.25, 0.3) is 0 Å². The van der Waals surface area contributed by atoms with E-state index in [9.17, 15) is 38.7 Å². The number of cyclic esters (lactones) is 1. The fraction of sp³-hybridized carbons (Fsp3) is 0.908. The van der Waals surface area contributed by atoms with E-state index < -0.39 is 33.9 Å². The third kappa shape index (κ3) is 22.4. The summed E-state index contributed by atoms with van der Waals surface area (Å²) in [7, 11) is 0. The van der Waals surface area contributed by atoms with E-state index >= 15 is 0 Å². The van der Waals surface area contributed by atoms with Gasteiger partial charge in [-0.2, -0.15) is 11.8 Å². The van der Waals surface area contributed by atoms with Crippen LogP contribution in [0, 0.1) is 68.5 Å². The van der Waals surface area contributed by atoms with Crippen LogP contribution >= 0.6 is 11.8 Å². The van der Waals surface area contributed by atoms with Crippen molar-refractivity contribution in [2.75, 3.05) is 24.7 Å². The second-order valence-corrected chi connectivity index (χ2v) is 30.8. The lowest BCUT2D eigenvalue weighted by Crippen LogP contribution is -2.63. The van der Waals surface area contributed by atoms with Gasteiger partial charge in [-0.1, -0.05) is 136 Å². The van der Waals surface area contributed by atoms with E-state index in [1.807, 2.05) is 83.1 Å². The number of ether oxygens (including phenoxy) is 6. The lowest BCUT2D eigenvalue weighted by atomic mass is 9.49. The number of fused-ring (bicyclic) bond motifs is 1. The highest BCUT2D eigenvalue weighted by molar-refractivity contribution is 7.99. The van der Waals surface area contributed by atoms with Gasteiger partial charge in [-0.25, -0.2) is 4.79 Å². The zero-order valence-corrected chi connectivity index (χ0v) is 54.4. The Labute approximate surface area is 571 Å². The molecule has 0 spiro atoms. The summed E-state index contributed by atoms with van der Waals surface area (Å²) in [5.41, 5.74) is -3.10. The van der Waals surface area contributed by atoms with Crippen molar-refractivity contribution in [3.05, 3.63) is 0 Å². The van der Waals surface area contributed by atoms with Crippen molar-refractivity contribution in [2.24, 2.45) is 68.5 Å². The number of esters is 5. The Balaban J connectivity index is -0.000000336. The average Bonchev–Trinajstić information content (AvgIpc) is 0.794. The van der Waals surface area contributed by atoms with Gasteiger partial charge in [0, 0.05) is 24.0 Å². The number of β-lactam (4-membered cyclic amide) rings is 1. The van der Waals surface area contributed by atoms with Crippen LogP contribution in [0.5, 0.6) is 0 Å². The number of rotatable bonds is 15. The molecule has 9 saturated carbocycles. The molecule has 0 aromatic heterocycles. The molecule has 12 fully saturated rings. The van der Waals surface area contributed by atoms with E-state index in [1.54, 1.807) is 25.6 Å². The van der Waals surface area contributed by atoms with Crippen molar-refractivity contribution in [2.45, 2.75) is 355 Å². The molecule has 0 radical (unpaired) electrons. The summed E-state index contributed by atoms with van der Waals surface area (Å²) in [5.74, 6) is 5.30. The van der Waals surface area contributed by atoms with E-state index in [4.69, 9.17) is 28.4 Å². The highest BCUT2D eigenvalue weighted by Gasteiger charge is 2.61. The van der Waals surface area contributed by atoms with Crippen LogP contribution < -0.4 is 0 Å². The normalized spacial score (nSPS) is 30.2. The number of amides is 2. The van der Waals surface area contributed by atoms with Crippen LogP contribution in [0.2, 0.25) is 0 Å². The molecule has 16 heteroatoms. The molecule has 548 valence electrons. The van der Waals surface area contributed by atoms with Crippen molar-refractivity contribution >= 4 is 53.4 Å². The Bertz CT molecular complexity index is 2220. The fourth-order valence-corrected chi connectivity index (χ4v) is 15.2. The maximum Gasteiger partial charge on any atom is 0.347 e. The number of carbonyl (C=O) groups is 7. The maximum absolute atomic E-state index is 12.6. The Morgan fingerprint density at radius 2 is 0.978 bits per heavy atom. The van der Waals surface area contributed by atoms with Gasteiger partial charge in [0.2, 0.25) is 24.2 Å². The predicted molar refractivity (Wildman–Crippen MR) is 384 cm³/mol. The Morgan fingerprint density at radius 1 is 0.543 bits per heavy atom. The molecule has 9 aliphatic carbocycles. The molecule has 15 nitrogen and oxygen atoms in total. The summed E-state index contributed by atoms with van der Waals surface area (Å²) in [6, 6.07) is 0.232. The number of hydrogen-bond acceptors (Lipinski definition) is 15. The van der Waals surface area contributed by atoms with Gasteiger partial charge in [0.05, 0.1) is 58.2 Å². The molecule has 3 aliphatic heterocycles. The van der Waals surface area contributed by atoms with E-state index in [1.165, 1.54) is 43.4 Å². The van der Waals surface area contributed by atoms with Gasteiger partial charge in [0.15, 0.2) is 0 Å². The molecule has 0 aromatic carbocycles. The van der Waals surface area contributed by atoms with Crippen LogP contribution in [-0.2, 0) is 62.0 Å². The number of likely N-dealkylation sites (tertiary alicyclic amines) is 1. The van der Waals surface area contributed by atoms with E-state index in [0.29, 0.717) is 56.1 Å². The molecule has 6 atom stereocenters. The van der Waals surface area contributed by atoms with Gasteiger partial charge in [-0.05, 0) is 206 Å². The number of hydrogen-bond donors (Lipinski definition) is 1. The van der Waals surface area contributed by atoms with Crippen molar-refractivity contribution in [1.29, 1.82) is 0 Å². The topological polar surface area (TPSA) is 198 Å². The third-order valence-corrected chi connectivity index (χ3v) is 22.6. The number of imide groups is 1. The molecular weight excluding hydrogens is 1180 g/mol. The highest BCUT2D eigenvalue weighted by Crippen LogP contribution is 2.62. The van der Waals surface area contributed by atoms with Crippen molar-refractivity contribution in [3.8, 4) is 0 Å². The van der Waals surface area contributed by atoms with Crippen LogP contribution in [0.15, 0.2) is 0 Å². The molecule has 8 bridgehead atoms. The first-order chi connectivity index (χ1) is 38.2. The Morgan fingerprint density at radius 3 is 1.38 bits per heavy atom. The zero-order valence-electron chi connectivity index (χ0n) is 53.6. The van der Waals surface area contributed by atoms with Gasteiger partial charge in [0.25, 0.3) is 0 Å². The molecule has 3 heterocycles. The first kappa shape index (κ1) is 97.4. The van der Waals surface area contributed by atoms with Gasteiger partial charge in [-0.15, -0.1) is 0 Å². The monoisotopic (exact) mass is 1330 g/mol. The summed E-state index contributed by atoms with van der Waals surface area (Å²) >= 11 is 1.76. The van der Waals surface area contributed by atoms with Crippen LogP contribution in [0.4, 0.5) is 0 Å². The van der Waals surface area contributed by atoms with Crippen molar-refractivity contribution < 1.29 is 67.1 Å². The summed E-state index contributed by atoms with van der Waals surface area (Å²) in [5, 5.41) is 10.6. The molecular formula is C76H149NO14S. The summed E-state index contributed by atoms with van der Waals surface area (Å²) < 4.78 is 32.6. The fourth-order valence-electron chi connectivity index (χ4n) is 14.5. The van der Waals surface area contributed by atoms with E-state index in [-0.39, 0.29) is 150 Å². The van der Waals surface area contributed by atoms with Crippen molar-refractivity contribution in [3.63, 3.8) is 0 Å². The summed E-state index contributed by atoms with van der Waals surface area (Å²) in [4.78, 5) is 84.7. The number of nitrogens with zero attached hydrogens (tertiary/aromatic N) is 1. The average molecular weight is 1330 g/mol. The molecule has 6 unspecified atom stereocenters. The smallest absolute Gasteiger partial charge is 0.347 e. The molecule has 1 N–H and O–H groups in total. The van der Waals surface area contributed by atoms with Gasteiger partial charge in [0.1, 0.15) is 11.2 Å². The number of carbonyl (C=O) groups excluding carboxylic acids is 7. The molecule has 12 rings (SSSR count). The lowest BCUT2D eigenvalue weighted by Gasteiger charge is -2.60. The minimum atomic E-state index is -0.687. The highest BCUT2D eigenvalue weighted by atomic mass is 32.2. The molecule has 92 heavy (non-hydrogen) atoms. The number of thioether (sulfide) groups is 1. The minimum absolute atomic E-state index is 0. The second-order valence-electron chi connectivity index (χ2n) is 29.7. The van der Waals surface area contributed by atoms with Crippen molar-refractivity contribution in [1.82, 2.24) is 4.90 Å². The predicted octanol–water partition coefficient (Wildman–Crippen LogP) is 19.3. The first-order valence-corrected chi connectivity index (χ1v) is 33.2. The molecule has 12 aliphatic rings. The van der Waals surface area contributed by atoms with E-state index in [0.717, 1.165) is 100 Å². The van der Waals surface area contributed by atoms with Crippen LogP contribution in [0.3, 0.4) is 0 Å². The lowest BCUT2D eigenvalue weighted by molar-refractivity contribution is -0.225. The van der Waals surface area contributed by atoms with Crippen LogP contribution in [0.1, 0.15) is 320 Å². The number of aliphatic hydroxyl groups is 1. The SMILES string of the molecule is C.C.C.C.C.C.C.C.C.C.CCC(C)(C)C(=O)N1C(=O)C2CCCC21.CCC(C)(C)C(=O)OC1(CC)C2CC3CC(C2)CC1C3.CCC(C)(C)C(=O)OC12CC3CC(CC(O)(C3)C1)C2.CCC(C)(C)C(=O)OC1CCOC1=O.CCC(C)(C)C(=O)OC1CSCCO1. The molecule has 3 saturated heterocycles. The third-order valence-electron chi connectivity index (χ3n) is 21.6. The van der Waals surface area contributed by atoms with Gasteiger partial charge < -0.3 is 33.5 Å². The molecule has 0 aromatic rings.